The molecule has 0 saturated carbocycles. The van der Waals surface area contributed by atoms with Crippen molar-refractivity contribution in [2.45, 2.75) is 39.2 Å². The zero-order valence-electron chi connectivity index (χ0n) is 17.3. The van der Waals surface area contributed by atoms with Gasteiger partial charge in [-0.25, -0.2) is 9.97 Å². The number of hydrogen-bond donors (Lipinski definition) is 0. The molecule has 1 amide bonds. The number of hydrogen-bond acceptors (Lipinski definition) is 6. The fourth-order valence-corrected chi connectivity index (χ4v) is 4.77. The largest absolute Gasteiger partial charge is 0.480 e. The van der Waals surface area contributed by atoms with Crippen molar-refractivity contribution in [2.24, 2.45) is 5.41 Å². The van der Waals surface area contributed by atoms with Gasteiger partial charge in [0.05, 0.1) is 25.2 Å². The van der Waals surface area contributed by atoms with Gasteiger partial charge < -0.3 is 9.64 Å². The normalized spacial score (nSPS) is 22.6. The van der Waals surface area contributed by atoms with Crippen molar-refractivity contribution in [3.05, 3.63) is 47.7 Å². The maximum absolute atomic E-state index is 13.0. The topological polar surface area (TPSA) is 71.5 Å². The molecule has 29 heavy (non-hydrogen) atoms. The van der Waals surface area contributed by atoms with Crippen LogP contribution in [-0.2, 0) is 6.54 Å². The SMILES string of the molecule is COc1cnc(C(=O)N2CCCC3(CCCN(Cc4cccc(C)n4)C3)C2)cn1. The lowest BCUT2D eigenvalue weighted by molar-refractivity contribution is 0.0107. The van der Waals surface area contributed by atoms with E-state index in [4.69, 9.17) is 4.74 Å². The van der Waals surface area contributed by atoms with Crippen LogP contribution in [0.5, 0.6) is 5.88 Å². The summed E-state index contributed by atoms with van der Waals surface area (Å²) in [4.78, 5) is 30.5. The van der Waals surface area contributed by atoms with Gasteiger partial charge >= 0.3 is 0 Å². The van der Waals surface area contributed by atoms with Crippen LogP contribution >= 0.6 is 0 Å². The maximum atomic E-state index is 13.0. The summed E-state index contributed by atoms with van der Waals surface area (Å²) >= 11 is 0. The number of aryl methyl sites for hydroxylation is 1. The van der Waals surface area contributed by atoms with E-state index >= 15 is 0 Å². The Balaban J connectivity index is 1.43. The molecule has 7 nitrogen and oxygen atoms in total. The number of nitrogens with zero attached hydrogens (tertiary/aromatic N) is 5. The highest BCUT2D eigenvalue weighted by atomic mass is 16.5. The molecule has 154 valence electrons. The predicted molar refractivity (Wildman–Crippen MR) is 110 cm³/mol. The van der Waals surface area contributed by atoms with E-state index in [9.17, 15) is 4.79 Å². The second-order valence-electron chi connectivity index (χ2n) is 8.36. The molecular weight excluding hydrogens is 366 g/mol. The lowest BCUT2D eigenvalue weighted by atomic mass is 9.73. The number of amides is 1. The number of ether oxygens (including phenoxy) is 1. The second-order valence-corrected chi connectivity index (χ2v) is 8.36. The fraction of sp³-hybridized carbons (Fsp3) is 0.545. The summed E-state index contributed by atoms with van der Waals surface area (Å²) in [7, 11) is 1.54. The molecule has 4 heterocycles. The third-order valence-corrected chi connectivity index (χ3v) is 6.08. The molecule has 2 aromatic heterocycles. The van der Waals surface area contributed by atoms with Gasteiger partial charge in [0.25, 0.3) is 5.91 Å². The molecule has 4 rings (SSSR count). The van der Waals surface area contributed by atoms with Crippen molar-refractivity contribution in [1.29, 1.82) is 0 Å². The smallest absolute Gasteiger partial charge is 0.274 e. The van der Waals surface area contributed by atoms with Crippen LogP contribution in [0, 0.1) is 12.3 Å². The average molecular weight is 396 g/mol. The minimum absolute atomic E-state index is 0.0308. The molecule has 1 atom stereocenters. The van der Waals surface area contributed by atoms with Crippen LogP contribution in [0.2, 0.25) is 0 Å². The van der Waals surface area contributed by atoms with Gasteiger partial charge in [0.2, 0.25) is 5.88 Å². The Morgan fingerprint density at radius 1 is 1.14 bits per heavy atom. The van der Waals surface area contributed by atoms with Gasteiger partial charge in [0, 0.05) is 37.3 Å². The Morgan fingerprint density at radius 2 is 1.97 bits per heavy atom. The first-order valence-electron chi connectivity index (χ1n) is 10.4. The highest BCUT2D eigenvalue weighted by Gasteiger charge is 2.40. The molecule has 0 aromatic carbocycles. The van der Waals surface area contributed by atoms with Crippen LogP contribution in [-0.4, -0.2) is 63.9 Å². The van der Waals surface area contributed by atoms with Crippen molar-refractivity contribution in [2.75, 3.05) is 33.3 Å². The highest BCUT2D eigenvalue weighted by Crippen LogP contribution is 2.39. The third kappa shape index (κ3) is 4.56. The first-order chi connectivity index (χ1) is 14.1. The third-order valence-electron chi connectivity index (χ3n) is 6.08. The van der Waals surface area contributed by atoms with Crippen LogP contribution < -0.4 is 4.74 Å². The van der Waals surface area contributed by atoms with E-state index in [1.807, 2.05) is 17.9 Å². The van der Waals surface area contributed by atoms with E-state index in [0.717, 1.165) is 57.0 Å². The van der Waals surface area contributed by atoms with E-state index in [1.54, 1.807) is 7.11 Å². The molecule has 0 radical (unpaired) electrons. The number of aromatic nitrogens is 3. The van der Waals surface area contributed by atoms with E-state index in [2.05, 4.69) is 32.0 Å². The number of likely N-dealkylation sites (tertiary alicyclic amines) is 2. The quantitative estimate of drug-likeness (QED) is 0.793. The van der Waals surface area contributed by atoms with E-state index < -0.39 is 0 Å². The molecule has 0 aliphatic carbocycles. The number of rotatable bonds is 4. The van der Waals surface area contributed by atoms with Gasteiger partial charge in [0.15, 0.2) is 0 Å². The van der Waals surface area contributed by atoms with Crippen molar-refractivity contribution in [3.8, 4) is 5.88 Å². The number of methoxy groups -OCH3 is 1. The van der Waals surface area contributed by atoms with E-state index in [-0.39, 0.29) is 11.3 Å². The molecule has 2 aliphatic rings. The number of pyridine rings is 1. The highest BCUT2D eigenvalue weighted by molar-refractivity contribution is 5.92. The Bertz CT molecular complexity index is 853. The predicted octanol–water partition coefficient (Wildman–Crippen LogP) is 2.71. The summed E-state index contributed by atoms with van der Waals surface area (Å²) in [5.41, 5.74) is 2.73. The summed E-state index contributed by atoms with van der Waals surface area (Å²) in [6.45, 7) is 6.59. The standard InChI is InChI=1S/C22H29N5O2/c1-17-6-3-7-18(25-17)14-26-10-4-8-22(15-26)9-5-11-27(16-22)21(28)19-12-24-20(29-2)13-23-19/h3,6-7,12-13H,4-5,8-11,14-16H2,1-2H3. The van der Waals surface area contributed by atoms with Crippen molar-refractivity contribution in [1.82, 2.24) is 24.8 Å². The van der Waals surface area contributed by atoms with Crippen LogP contribution in [0.15, 0.2) is 30.6 Å². The lowest BCUT2D eigenvalue weighted by Crippen LogP contribution is -2.53. The van der Waals surface area contributed by atoms with Crippen LogP contribution in [0.25, 0.3) is 0 Å². The van der Waals surface area contributed by atoms with Gasteiger partial charge in [-0.15, -0.1) is 0 Å². The number of piperidine rings is 2. The van der Waals surface area contributed by atoms with Crippen LogP contribution in [0.4, 0.5) is 0 Å². The maximum Gasteiger partial charge on any atom is 0.274 e. The van der Waals surface area contributed by atoms with E-state index in [1.165, 1.54) is 25.2 Å². The molecule has 1 spiro atoms. The summed E-state index contributed by atoms with van der Waals surface area (Å²) in [6.07, 6.45) is 7.55. The molecule has 2 saturated heterocycles. The molecule has 2 aliphatic heterocycles. The van der Waals surface area contributed by atoms with Gasteiger partial charge in [-0.3, -0.25) is 14.7 Å². The second kappa shape index (κ2) is 8.45. The monoisotopic (exact) mass is 395 g/mol. The summed E-state index contributed by atoms with van der Waals surface area (Å²) in [5, 5.41) is 0. The number of carbonyl (C=O) groups is 1. The molecule has 7 heteroatoms. The Hall–Kier alpha value is -2.54. The van der Waals surface area contributed by atoms with Crippen LogP contribution in [0.3, 0.4) is 0 Å². The Labute approximate surface area is 172 Å². The zero-order chi connectivity index (χ0) is 20.3. The Kier molecular flexibility index (Phi) is 5.76. The summed E-state index contributed by atoms with van der Waals surface area (Å²) in [5.74, 6) is 0.390. The molecule has 2 fully saturated rings. The summed E-state index contributed by atoms with van der Waals surface area (Å²) < 4.78 is 5.04. The van der Waals surface area contributed by atoms with Gasteiger partial charge in [-0.05, 0) is 51.3 Å². The van der Waals surface area contributed by atoms with Crippen molar-refractivity contribution < 1.29 is 9.53 Å². The zero-order valence-corrected chi connectivity index (χ0v) is 17.3. The molecule has 2 aromatic rings. The first-order valence-corrected chi connectivity index (χ1v) is 10.4. The minimum Gasteiger partial charge on any atom is -0.480 e. The lowest BCUT2D eigenvalue weighted by Gasteiger charge is -2.48. The molecular formula is C22H29N5O2. The van der Waals surface area contributed by atoms with Gasteiger partial charge in [-0.1, -0.05) is 6.07 Å². The first kappa shape index (κ1) is 19.8. The van der Waals surface area contributed by atoms with Crippen molar-refractivity contribution >= 4 is 5.91 Å². The van der Waals surface area contributed by atoms with Gasteiger partial charge in [-0.2, -0.15) is 0 Å². The molecule has 0 N–H and O–H groups in total. The molecule has 1 unspecified atom stereocenters. The fourth-order valence-electron chi connectivity index (χ4n) is 4.77. The average Bonchev–Trinajstić information content (AvgIpc) is 2.73. The summed E-state index contributed by atoms with van der Waals surface area (Å²) in [6, 6.07) is 6.22. The van der Waals surface area contributed by atoms with E-state index in [0.29, 0.717) is 11.6 Å². The number of carbonyl (C=O) groups excluding carboxylic acids is 1. The van der Waals surface area contributed by atoms with Gasteiger partial charge in [0.1, 0.15) is 5.69 Å². The molecule has 0 bridgehead atoms. The minimum atomic E-state index is -0.0308. The Morgan fingerprint density at radius 3 is 2.69 bits per heavy atom. The van der Waals surface area contributed by atoms with Crippen molar-refractivity contribution in [3.63, 3.8) is 0 Å². The van der Waals surface area contributed by atoms with Crippen LogP contribution in [0.1, 0.15) is 47.6 Å².